The van der Waals surface area contributed by atoms with Crippen molar-refractivity contribution >= 4 is 17.5 Å². The molecule has 2 aromatic carbocycles. The lowest BCUT2D eigenvalue weighted by Gasteiger charge is -2.35. The summed E-state index contributed by atoms with van der Waals surface area (Å²) in [6.07, 6.45) is -0.0950. The minimum atomic E-state index is -0.400. The molecule has 1 aliphatic rings. The number of anilines is 1. The molecule has 0 radical (unpaired) electrons. The average molecular weight is 428 g/mol. The first-order valence-electron chi connectivity index (χ1n) is 10.0. The van der Waals surface area contributed by atoms with Crippen LogP contribution in [0.3, 0.4) is 0 Å². The molecule has 2 amide bonds. The van der Waals surface area contributed by atoms with Crippen LogP contribution in [0.2, 0.25) is 0 Å². The second-order valence-electron chi connectivity index (χ2n) is 7.38. The Hall–Kier alpha value is -3.26. The van der Waals surface area contributed by atoms with E-state index in [0.29, 0.717) is 47.2 Å². The zero-order valence-corrected chi connectivity index (χ0v) is 18.4. The van der Waals surface area contributed by atoms with E-state index in [4.69, 9.17) is 18.9 Å². The highest BCUT2D eigenvalue weighted by Crippen LogP contribution is 2.38. The van der Waals surface area contributed by atoms with Crippen molar-refractivity contribution in [2.45, 2.75) is 26.1 Å². The van der Waals surface area contributed by atoms with Crippen LogP contribution in [-0.2, 0) is 4.74 Å². The maximum atomic E-state index is 13.2. The number of methoxy groups -OCH3 is 3. The number of nitrogens with one attached hydrogen (secondary N) is 1. The summed E-state index contributed by atoms with van der Waals surface area (Å²) in [7, 11) is 4.46. The molecule has 8 heteroatoms. The number of rotatable bonds is 6. The van der Waals surface area contributed by atoms with Crippen LogP contribution >= 0.6 is 0 Å². The van der Waals surface area contributed by atoms with Gasteiger partial charge in [-0.1, -0.05) is 12.1 Å². The fourth-order valence-corrected chi connectivity index (χ4v) is 3.70. The molecule has 2 atom stereocenters. The average Bonchev–Trinajstić information content (AvgIpc) is 2.77. The van der Waals surface area contributed by atoms with Crippen LogP contribution in [0.5, 0.6) is 17.2 Å². The van der Waals surface area contributed by atoms with E-state index in [0.717, 1.165) is 0 Å². The Morgan fingerprint density at radius 1 is 0.968 bits per heavy atom. The number of morpholine rings is 1. The molecular formula is C23H28N2O6. The van der Waals surface area contributed by atoms with Gasteiger partial charge in [0.1, 0.15) is 0 Å². The van der Waals surface area contributed by atoms with Crippen molar-refractivity contribution in [1.82, 2.24) is 4.90 Å². The molecule has 1 saturated heterocycles. The predicted molar refractivity (Wildman–Crippen MR) is 116 cm³/mol. The third-order valence-electron chi connectivity index (χ3n) is 5.04. The number of para-hydroxylation sites is 1. The molecule has 1 aliphatic heterocycles. The first-order chi connectivity index (χ1) is 14.9. The molecule has 0 unspecified atom stereocenters. The van der Waals surface area contributed by atoms with Crippen LogP contribution in [0.25, 0.3) is 0 Å². The van der Waals surface area contributed by atoms with E-state index in [1.807, 2.05) is 13.8 Å². The van der Waals surface area contributed by atoms with Crippen molar-refractivity contribution in [2.24, 2.45) is 0 Å². The van der Waals surface area contributed by atoms with Gasteiger partial charge in [-0.25, -0.2) is 0 Å². The molecule has 2 aromatic rings. The lowest BCUT2D eigenvalue weighted by Crippen LogP contribution is -2.48. The third-order valence-corrected chi connectivity index (χ3v) is 5.04. The molecule has 31 heavy (non-hydrogen) atoms. The fourth-order valence-electron chi connectivity index (χ4n) is 3.70. The Morgan fingerprint density at radius 3 is 2.10 bits per heavy atom. The summed E-state index contributed by atoms with van der Waals surface area (Å²) >= 11 is 0. The topological polar surface area (TPSA) is 86.3 Å². The number of carbonyl (C=O) groups is 2. The lowest BCUT2D eigenvalue weighted by atomic mass is 10.1. The summed E-state index contributed by atoms with van der Waals surface area (Å²) < 4.78 is 21.7. The first kappa shape index (κ1) is 22.4. The van der Waals surface area contributed by atoms with Gasteiger partial charge in [0.05, 0.1) is 44.8 Å². The standard InChI is InChI=1S/C23H28N2O6/c1-14-12-25(13-15(2)31-14)23(27)17-8-6-7-9-18(17)24-22(26)16-10-19(28-3)21(30-5)20(11-16)29-4/h6-11,14-15H,12-13H2,1-5H3,(H,24,26)/t14-,15-/m1/s1. The van der Waals surface area contributed by atoms with E-state index in [1.165, 1.54) is 21.3 Å². The van der Waals surface area contributed by atoms with Gasteiger partial charge in [0.15, 0.2) is 11.5 Å². The minimum Gasteiger partial charge on any atom is -0.493 e. The van der Waals surface area contributed by atoms with Crippen LogP contribution in [-0.4, -0.2) is 63.3 Å². The van der Waals surface area contributed by atoms with Crippen molar-refractivity contribution < 1.29 is 28.5 Å². The molecule has 1 N–H and O–H groups in total. The van der Waals surface area contributed by atoms with Gasteiger partial charge in [0.25, 0.3) is 11.8 Å². The molecule has 8 nitrogen and oxygen atoms in total. The Kier molecular flexibility index (Phi) is 7.02. The number of nitrogens with zero attached hydrogens (tertiary/aromatic N) is 1. The third kappa shape index (κ3) is 4.91. The molecule has 0 aromatic heterocycles. The van der Waals surface area contributed by atoms with E-state index in [9.17, 15) is 9.59 Å². The predicted octanol–water partition coefficient (Wildman–Crippen LogP) is 3.21. The van der Waals surface area contributed by atoms with Crippen LogP contribution in [0.1, 0.15) is 34.6 Å². The number of ether oxygens (including phenoxy) is 4. The zero-order valence-electron chi connectivity index (χ0n) is 18.4. The zero-order chi connectivity index (χ0) is 22.5. The van der Waals surface area contributed by atoms with E-state index in [2.05, 4.69) is 5.32 Å². The van der Waals surface area contributed by atoms with Gasteiger partial charge in [-0.2, -0.15) is 0 Å². The molecule has 166 valence electrons. The Labute approximate surface area is 182 Å². The molecule has 0 spiro atoms. The normalized spacial score (nSPS) is 18.3. The van der Waals surface area contributed by atoms with Crippen molar-refractivity contribution in [3.8, 4) is 17.2 Å². The van der Waals surface area contributed by atoms with Crippen LogP contribution < -0.4 is 19.5 Å². The summed E-state index contributed by atoms with van der Waals surface area (Å²) in [6, 6.07) is 10.1. The summed E-state index contributed by atoms with van der Waals surface area (Å²) in [5.74, 6) is 0.582. The summed E-state index contributed by atoms with van der Waals surface area (Å²) in [5, 5.41) is 2.84. The van der Waals surface area contributed by atoms with Crippen LogP contribution in [0, 0.1) is 0 Å². The largest absolute Gasteiger partial charge is 0.493 e. The van der Waals surface area contributed by atoms with Crippen LogP contribution in [0.15, 0.2) is 36.4 Å². The monoisotopic (exact) mass is 428 g/mol. The number of benzene rings is 2. The number of amides is 2. The molecular weight excluding hydrogens is 400 g/mol. The van der Waals surface area contributed by atoms with E-state index >= 15 is 0 Å². The van der Waals surface area contributed by atoms with Gasteiger partial charge in [0, 0.05) is 18.7 Å². The number of hydrogen-bond donors (Lipinski definition) is 1. The van der Waals surface area contributed by atoms with Gasteiger partial charge >= 0.3 is 0 Å². The molecule has 1 heterocycles. The van der Waals surface area contributed by atoms with Crippen molar-refractivity contribution in [2.75, 3.05) is 39.7 Å². The fraction of sp³-hybridized carbons (Fsp3) is 0.391. The summed E-state index contributed by atoms with van der Waals surface area (Å²) in [4.78, 5) is 27.9. The van der Waals surface area contributed by atoms with E-state index in [1.54, 1.807) is 41.3 Å². The second kappa shape index (κ2) is 9.70. The molecule has 0 aliphatic carbocycles. The quantitative estimate of drug-likeness (QED) is 0.760. The van der Waals surface area contributed by atoms with Crippen molar-refractivity contribution in [3.63, 3.8) is 0 Å². The van der Waals surface area contributed by atoms with Crippen molar-refractivity contribution in [1.29, 1.82) is 0 Å². The van der Waals surface area contributed by atoms with Gasteiger partial charge in [-0.15, -0.1) is 0 Å². The highest BCUT2D eigenvalue weighted by Gasteiger charge is 2.28. The van der Waals surface area contributed by atoms with Gasteiger partial charge in [0.2, 0.25) is 5.75 Å². The van der Waals surface area contributed by atoms with E-state index in [-0.39, 0.29) is 18.1 Å². The molecule has 1 fully saturated rings. The minimum absolute atomic E-state index is 0.0475. The smallest absolute Gasteiger partial charge is 0.256 e. The van der Waals surface area contributed by atoms with Crippen LogP contribution in [0.4, 0.5) is 5.69 Å². The second-order valence-corrected chi connectivity index (χ2v) is 7.38. The molecule has 3 rings (SSSR count). The van der Waals surface area contributed by atoms with E-state index < -0.39 is 5.91 Å². The highest BCUT2D eigenvalue weighted by molar-refractivity contribution is 6.09. The lowest BCUT2D eigenvalue weighted by molar-refractivity contribution is -0.0585. The van der Waals surface area contributed by atoms with Crippen molar-refractivity contribution in [3.05, 3.63) is 47.5 Å². The number of hydrogen-bond acceptors (Lipinski definition) is 6. The maximum Gasteiger partial charge on any atom is 0.256 e. The highest BCUT2D eigenvalue weighted by atomic mass is 16.5. The summed E-state index contributed by atoms with van der Waals surface area (Å²) in [6.45, 7) is 4.87. The Bertz CT molecular complexity index is 926. The SMILES string of the molecule is COc1cc(C(=O)Nc2ccccc2C(=O)N2C[C@@H](C)O[C@H](C)C2)cc(OC)c1OC. The van der Waals surface area contributed by atoms with Gasteiger partial charge in [-0.05, 0) is 38.1 Å². The maximum absolute atomic E-state index is 13.2. The molecule has 0 saturated carbocycles. The number of carbonyl (C=O) groups excluding carboxylic acids is 2. The Morgan fingerprint density at radius 2 is 1.55 bits per heavy atom. The first-order valence-corrected chi connectivity index (χ1v) is 10.0. The Balaban J connectivity index is 1.87. The summed E-state index contributed by atoms with van der Waals surface area (Å²) in [5.41, 5.74) is 1.16. The molecule has 0 bridgehead atoms. The van der Waals surface area contributed by atoms with Gasteiger partial charge < -0.3 is 29.2 Å². The van der Waals surface area contributed by atoms with Gasteiger partial charge in [-0.3, -0.25) is 9.59 Å².